The first-order valence-electron chi connectivity index (χ1n) is 8.30. The van der Waals surface area contributed by atoms with Crippen molar-refractivity contribution < 1.29 is 0 Å². The van der Waals surface area contributed by atoms with Gasteiger partial charge < -0.3 is 4.90 Å². The first-order valence-corrected chi connectivity index (χ1v) is 9.43. The van der Waals surface area contributed by atoms with E-state index in [4.69, 9.17) is 0 Å². The number of aryl methyl sites for hydroxylation is 1. The van der Waals surface area contributed by atoms with Gasteiger partial charge in [0.1, 0.15) is 0 Å². The maximum atomic E-state index is 3.50. The number of rotatable bonds is 9. The van der Waals surface area contributed by atoms with Gasteiger partial charge >= 0.3 is 0 Å². The molecule has 0 radical (unpaired) electrons. The van der Waals surface area contributed by atoms with Crippen LogP contribution < -0.4 is 4.90 Å². The number of halogens is 1. The number of unbranched alkanes of at least 4 members (excludes halogenated alkanes) is 6. The zero-order valence-electron chi connectivity index (χ0n) is 12.6. The fraction of sp³-hybridized carbons (Fsp3) is 0.667. The van der Waals surface area contributed by atoms with Crippen molar-refractivity contribution in [2.24, 2.45) is 0 Å². The molecule has 0 amide bonds. The predicted molar refractivity (Wildman–Crippen MR) is 93.1 cm³/mol. The molecule has 20 heavy (non-hydrogen) atoms. The summed E-state index contributed by atoms with van der Waals surface area (Å²) in [4.78, 5) is 2.60. The Hall–Kier alpha value is -0.500. The van der Waals surface area contributed by atoms with Gasteiger partial charge in [-0.05, 0) is 37.3 Å². The Kier molecular flexibility index (Phi) is 7.49. The minimum absolute atomic E-state index is 1.17. The monoisotopic (exact) mass is 337 g/mol. The summed E-state index contributed by atoms with van der Waals surface area (Å²) in [5, 5.41) is 1.17. The van der Waals surface area contributed by atoms with Gasteiger partial charge in [0, 0.05) is 24.1 Å². The normalized spacial score (nSPS) is 14.3. The summed E-state index contributed by atoms with van der Waals surface area (Å²) in [6.45, 7) is 2.50. The highest BCUT2D eigenvalue weighted by atomic mass is 79.9. The fourth-order valence-electron chi connectivity index (χ4n) is 3.12. The average Bonchev–Trinajstić information content (AvgIpc) is 2.50. The number of hydrogen-bond donors (Lipinski definition) is 0. The van der Waals surface area contributed by atoms with Gasteiger partial charge in [-0.1, -0.05) is 66.2 Å². The minimum atomic E-state index is 1.17. The molecule has 0 aliphatic carbocycles. The minimum Gasteiger partial charge on any atom is -0.371 e. The molecule has 0 unspecified atom stereocenters. The van der Waals surface area contributed by atoms with Crippen molar-refractivity contribution in [2.45, 2.75) is 57.8 Å². The summed E-state index contributed by atoms with van der Waals surface area (Å²) in [7, 11) is 0. The molecule has 0 bridgehead atoms. The first kappa shape index (κ1) is 15.9. The zero-order chi connectivity index (χ0) is 14.0. The van der Waals surface area contributed by atoms with Crippen molar-refractivity contribution >= 4 is 21.6 Å². The molecule has 2 heteroatoms. The fourth-order valence-corrected chi connectivity index (χ4v) is 3.52. The van der Waals surface area contributed by atoms with Gasteiger partial charge in [-0.15, -0.1) is 0 Å². The Bertz CT molecular complexity index is 377. The van der Waals surface area contributed by atoms with Crippen molar-refractivity contribution in [3.05, 3.63) is 29.8 Å². The van der Waals surface area contributed by atoms with Crippen LogP contribution in [-0.4, -0.2) is 18.4 Å². The number of para-hydroxylation sites is 1. The van der Waals surface area contributed by atoms with Crippen LogP contribution in [-0.2, 0) is 6.42 Å². The van der Waals surface area contributed by atoms with Gasteiger partial charge in [0.25, 0.3) is 0 Å². The second-order valence-electron chi connectivity index (χ2n) is 5.88. The lowest BCUT2D eigenvalue weighted by Crippen LogP contribution is -2.30. The second kappa shape index (κ2) is 9.44. The Morgan fingerprint density at radius 1 is 0.900 bits per heavy atom. The molecule has 0 aromatic heterocycles. The van der Waals surface area contributed by atoms with Crippen LogP contribution in [0.3, 0.4) is 0 Å². The average molecular weight is 338 g/mol. The van der Waals surface area contributed by atoms with E-state index >= 15 is 0 Å². The van der Waals surface area contributed by atoms with Crippen molar-refractivity contribution in [3.8, 4) is 0 Å². The van der Waals surface area contributed by atoms with Crippen LogP contribution in [0.4, 0.5) is 5.69 Å². The van der Waals surface area contributed by atoms with Gasteiger partial charge in [0.05, 0.1) is 0 Å². The molecule has 1 heterocycles. The van der Waals surface area contributed by atoms with Gasteiger partial charge in [-0.25, -0.2) is 0 Å². The molecule has 1 aromatic rings. The van der Waals surface area contributed by atoms with E-state index in [9.17, 15) is 0 Å². The summed E-state index contributed by atoms with van der Waals surface area (Å²) in [6, 6.07) is 8.95. The number of fused-ring (bicyclic) bond motifs is 1. The summed E-state index contributed by atoms with van der Waals surface area (Å²) < 4.78 is 0. The summed E-state index contributed by atoms with van der Waals surface area (Å²) in [5.41, 5.74) is 3.05. The lowest BCUT2D eigenvalue weighted by atomic mass is 10.0. The molecule has 2 rings (SSSR count). The molecule has 0 spiro atoms. The van der Waals surface area contributed by atoms with E-state index in [1.165, 1.54) is 81.9 Å². The third-order valence-electron chi connectivity index (χ3n) is 4.27. The highest BCUT2D eigenvalue weighted by Crippen LogP contribution is 2.26. The maximum absolute atomic E-state index is 3.50. The lowest BCUT2D eigenvalue weighted by Gasteiger charge is -2.31. The van der Waals surface area contributed by atoms with Gasteiger partial charge in [-0.2, -0.15) is 0 Å². The number of nitrogens with zero attached hydrogens (tertiary/aromatic N) is 1. The van der Waals surface area contributed by atoms with Crippen LogP contribution >= 0.6 is 15.9 Å². The van der Waals surface area contributed by atoms with Crippen LogP contribution in [0.15, 0.2) is 24.3 Å². The van der Waals surface area contributed by atoms with Crippen molar-refractivity contribution in [2.75, 3.05) is 23.3 Å². The predicted octanol–water partition coefficient (Wildman–Crippen LogP) is 5.56. The quantitative estimate of drug-likeness (QED) is 0.420. The maximum Gasteiger partial charge on any atom is 0.0398 e. The largest absolute Gasteiger partial charge is 0.371 e. The number of benzene rings is 1. The Balaban J connectivity index is 1.61. The number of hydrogen-bond acceptors (Lipinski definition) is 1. The third kappa shape index (κ3) is 5.12. The molecule has 0 N–H and O–H groups in total. The SMILES string of the molecule is BrCCCCCCCCCN1CCCc2ccccc21. The molecule has 1 aromatic carbocycles. The van der Waals surface area contributed by atoms with Gasteiger partial charge in [-0.3, -0.25) is 0 Å². The molecular weight excluding hydrogens is 310 g/mol. The van der Waals surface area contributed by atoms with E-state index in [1.54, 1.807) is 5.56 Å². The molecule has 1 aliphatic rings. The Labute approximate surface area is 132 Å². The highest BCUT2D eigenvalue weighted by molar-refractivity contribution is 9.09. The molecule has 0 fully saturated rings. The van der Waals surface area contributed by atoms with E-state index in [-0.39, 0.29) is 0 Å². The van der Waals surface area contributed by atoms with Crippen molar-refractivity contribution in [1.82, 2.24) is 0 Å². The third-order valence-corrected chi connectivity index (χ3v) is 4.83. The molecule has 0 saturated carbocycles. The lowest BCUT2D eigenvalue weighted by molar-refractivity contribution is 0.577. The standard InChI is InChI=1S/C18H28BrN/c19-14-8-4-2-1-3-5-9-15-20-16-10-12-17-11-6-7-13-18(17)20/h6-7,11,13H,1-5,8-10,12,14-16H2. The van der Waals surface area contributed by atoms with Crippen LogP contribution in [0.25, 0.3) is 0 Å². The molecule has 112 valence electrons. The Morgan fingerprint density at radius 3 is 2.40 bits per heavy atom. The molecule has 0 atom stereocenters. The number of anilines is 1. The van der Waals surface area contributed by atoms with Crippen LogP contribution in [0.5, 0.6) is 0 Å². The molecule has 1 aliphatic heterocycles. The van der Waals surface area contributed by atoms with E-state index in [2.05, 4.69) is 45.1 Å². The molecule has 1 nitrogen and oxygen atoms in total. The molecule has 0 saturated heterocycles. The summed E-state index contributed by atoms with van der Waals surface area (Å²) in [5.74, 6) is 0. The van der Waals surface area contributed by atoms with E-state index in [1.807, 2.05) is 0 Å². The van der Waals surface area contributed by atoms with Crippen LogP contribution in [0, 0.1) is 0 Å². The van der Waals surface area contributed by atoms with Gasteiger partial charge in [0.15, 0.2) is 0 Å². The van der Waals surface area contributed by atoms with E-state index < -0.39 is 0 Å². The Morgan fingerprint density at radius 2 is 1.60 bits per heavy atom. The second-order valence-corrected chi connectivity index (χ2v) is 6.68. The van der Waals surface area contributed by atoms with E-state index in [0.29, 0.717) is 0 Å². The van der Waals surface area contributed by atoms with Crippen LogP contribution in [0.2, 0.25) is 0 Å². The van der Waals surface area contributed by atoms with Crippen LogP contribution in [0.1, 0.15) is 56.9 Å². The van der Waals surface area contributed by atoms with Crippen molar-refractivity contribution in [3.63, 3.8) is 0 Å². The topological polar surface area (TPSA) is 3.24 Å². The number of alkyl halides is 1. The smallest absolute Gasteiger partial charge is 0.0398 e. The summed E-state index contributed by atoms with van der Waals surface area (Å²) >= 11 is 3.50. The van der Waals surface area contributed by atoms with Gasteiger partial charge in [0.2, 0.25) is 0 Å². The summed E-state index contributed by atoms with van der Waals surface area (Å²) in [6.07, 6.45) is 12.3. The zero-order valence-corrected chi connectivity index (χ0v) is 14.2. The highest BCUT2D eigenvalue weighted by Gasteiger charge is 2.15. The van der Waals surface area contributed by atoms with Crippen molar-refractivity contribution in [1.29, 1.82) is 0 Å². The first-order chi connectivity index (χ1) is 9.92. The van der Waals surface area contributed by atoms with E-state index in [0.717, 1.165) is 0 Å². The molecular formula is C18H28BrN.